The molecule has 8 heteroatoms. The van der Waals surface area contributed by atoms with E-state index in [1.807, 2.05) is 0 Å². The Morgan fingerprint density at radius 3 is 2.42 bits per heavy atom. The maximum Gasteiger partial charge on any atom is 0.273 e. The van der Waals surface area contributed by atoms with Crippen LogP contribution in [-0.4, -0.2) is 23.0 Å². The largest absolute Gasteiger partial charge is 0.486 e. The topological polar surface area (TPSA) is 93.5 Å². The predicted octanol–water partition coefficient (Wildman–Crippen LogP) is 4.95. The molecule has 1 fully saturated rings. The number of carbonyl (C=O) groups is 2. The smallest absolute Gasteiger partial charge is 0.273 e. The number of hydrogen-bond acceptors (Lipinski definition) is 5. The minimum Gasteiger partial charge on any atom is -0.486 e. The molecule has 1 saturated carbocycles. The molecule has 0 spiro atoms. The Balaban J connectivity index is 1.25. The van der Waals surface area contributed by atoms with E-state index >= 15 is 0 Å². The van der Waals surface area contributed by atoms with E-state index in [-0.39, 0.29) is 30.2 Å². The van der Waals surface area contributed by atoms with Gasteiger partial charge in [0.1, 0.15) is 18.2 Å². The third-order valence-electron chi connectivity index (χ3n) is 5.74. The van der Waals surface area contributed by atoms with Gasteiger partial charge < -0.3 is 19.9 Å². The molecule has 1 aromatic heterocycles. The number of aromatic nitrogens is 1. The summed E-state index contributed by atoms with van der Waals surface area (Å²) in [6, 6.07) is 13.9. The van der Waals surface area contributed by atoms with E-state index in [0.717, 1.165) is 25.7 Å². The summed E-state index contributed by atoms with van der Waals surface area (Å²) in [4.78, 5) is 24.6. The number of hydrogen-bond donors (Lipinski definition) is 2. The first-order chi connectivity index (χ1) is 16.0. The lowest BCUT2D eigenvalue weighted by atomic mass is 9.87. The molecule has 0 bridgehead atoms. The van der Waals surface area contributed by atoms with Crippen LogP contribution in [0.15, 0.2) is 59.1 Å². The summed E-state index contributed by atoms with van der Waals surface area (Å²) in [5, 5.41) is 9.62. The Bertz CT molecular complexity index is 1090. The molecule has 33 heavy (non-hydrogen) atoms. The van der Waals surface area contributed by atoms with Gasteiger partial charge in [0.05, 0.1) is 0 Å². The maximum atomic E-state index is 13.0. The summed E-state index contributed by atoms with van der Waals surface area (Å²) >= 11 is 0. The number of halogens is 1. The van der Waals surface area contributed by atoms with Gasteiger partial charge in [-0.3, -0.25) is 9.59 Å². The van der Waals surface area contributed by atoms with Crippen molar-refractivity contribution >= 4 is 17.5 Å². The quantitative estimate of drug-likeness (QED) is 0.530. The number of anilines is 1. The van der Waals surface area contributed by atoms with Crippen molar-refractivity contribution in [1.29, 1.82) is 0 Å². The van der Waals surface area contributed by atoms with Crippen molar-refractivity contribution in [2.45, 2.75) is 45.3 Å². The molecular formula is C25H26FN3O4. The van der Waals surface area contributed by atoms with E-state index in [1.165, 1.54) is 24.3 Å². The first-order valence-electron chi connectivity index (χ1n) is 11.0. The molecule has 0 radical (unpaired) electrons. The second kappa shape index (κ2) is 10.3. The van der Waals surface area contributed by atoms with Crippen molar-refractivity contribution in [3.8, 4) is 5.75 Å². The van der Waals surface area contributed by atoms with Crippen molar-refractivity contribution in [3.63, 3.8) is 0 Å². The van der Waals surface area contributed by atoms with Crippen LogP contribution in [0.1, 0.15) is 59.2 Å². The second-order valence-electron chi connectivity index (χ2n) is 8.38. The van der Waals surface area contributed by atoms with Gasteiger partial charge in [0, 0.05) is 23.4 Å². The Morgan fingerprint density at radius 1 is 1.03 bits per heavy atom. The number of rotatable bonds is 7. The Labute approximate surface area is 191 Å². The van der Waals surface area contributed by atoms with Crippen LogP contribution in [0.5, 0.6) is 5.75 Å². The predicted molar refractivity (Wildman–Crippen MR) is 121 cm³/mol. The maximum absolute atomic E-state index is 13.0. The van der Waals surface area contributed by atoms with Gasteiger partial charge in [-0.2, -0.15) is 0 Å². The highest BCUT2D eigenvalue weighted by molar-refractivity contribution is 6.04. The number of ether oxygens (including phenoxy) is 1. The van der Waals surface area contributed by atoms with Gasteiger partial charge in [0.2, 0.25) is 0 Å². The van der Waals surface area contributed by atoms with Crippen LogP contribution in [0.4, 0.5) is 10.1 Å². The molecule has 0 atom stereocenters. The number of nitrogens with one attached hydrogen (secondary N) is 2. The number of amides is 2. The molecule has 1 aliphatic carbocycles. The standard InChI is InChI=1S/C25H26FN3O4/c1-16-2-8-19(9-3-16)28-25(31)23-14-22(33-29-23)15-32-21-12-10-20(11-13-21)27-24(30)17-4-6-18(26)7-5-17/h4-7,10-14,16,19H,2-3,8-9,15H2,1H3,(H,27,30)(H,28,31). The van der Waals surface area contributed by atoms with E-state index in [9.17, 15) is 14.0 Å². The summed E-state index contributed by atoms with van der Waals surface area (Å²) in [6.45, 7) is 2.35. The van der Waals surface area contributed by atoms with Crippen LogP contribution in [0.2, 0.25) is 0 Å². The molecule has 0 aliphatic heterocycles. The number of carbonyl (C=O) groups excluding carboxylic acids is 2. The normalized spacial score (nSPS) is 17.9. The molecule has 0 saturated heterocycles. The van der Waals surface area contributed by atoms with Crippen molar-refractivity contribution in [2.75, 3.05) is 5.32 Å². The molecule has 1 heterocycles. The molecular weight excluding hydrogens is 425 g/mol. The zero-order valence-corrected chi connectivity index (χ0v) is 18.3. The van der Waals surface area contributed by atoms with Gasteiger partial charge in [0.25, 0.3) is 11.8 Å². The fraction of sp³-hybridized carbons (Fsp3) is 0.320. The van der Waals surface area contributed by atoms with E-state index in [4.69, 9.17) is 9.26 Å². The monoisotopic (exact) mass is 451 g/mol. The van der Waals surface area contributed by atoms with E-state index in [2.05, 4.69) is 22.7 Å². The molecule has 7 nitrogen and oxygen atoms in total. The lowest BCUT2D eigenvalue weighted by Gasteiger charge is -2.26. The van der Waals surface area contributed by atoms with Crippen molar-refractivity contribution in [1.82, 2.24) is 10.5 Å². The Morgan fingerprint density at radius 2 is 1.73 bits per heavy atom. The van der Waals surface area contributed by atoms with Crippen LogP contribution in [0, 0.1) is 11.7 Å². The number of benzene rings is 2. The summed E-state index contributed by atoms with van der Waals surface area (Å²) < 4.78 is 23.9. The molecule has 0 unspecified atom stereocenters. The number of nitrogens with zero attached hydrogens (tertiary/aromatic N) is 1. The van der Waals surface area contributed by atoms with Gasteiger partial charge in [-0.1, -0.05) is 12.1 Å². The summed E-state index contributed by atoms with van der Waals surface area (Å²) in [7, 11) is 0. The van der Waals surface area contributed by atoms with E-state index in [1.54, 1.807) is 30.3 Å². The van der Waals surface area contributed by atoms with Crippen molar-refractivity contribution in [3.05, 3.63) is 77.4 Å². The first kappa shape index (κ1) is 22.5. The average Bonchev–Trinajstić information content (AvgIpc) is 3.30. The lowest BCUT2D eigenvalue weighted by Crippen LogP contribution is -2.37. The summed E-state index contributed by atoms with van der Waals surface area (Å²) in [6.07, 6.45) is 4.22. The van der Waals surface area contributed by atoms with Crippen LogP contribution in [-0.2, 0) is 6.61 Å². The molecule has 4 rings (SSSR count). The van der Waals surface area contributed by atoms with E-state index in [0.29, 0.717) is 28.7 Å². The average molecular weight is 451 g/mol. The molecule has 2 N–H and O–H groups in total. The molecule has 2 amide bonds. The summed E-state index contributed by atoms with van der Waals surface area (Å²) in [5.74, 6) is 0.754. The third kappa shape index (κ3) is 6.19. The molecule has 2 aromatic carbocycles. The Kier molecular flexibility index (Phi) is 7.02. The van der Waals surface area contributed by atoms with E-state index < -0.39 is 5.82 Å². The van der Waals surface area contributed by atoms with Crippen LogP contribution in [0.25, 0.3) is 0 Å². The summed E-state index contributed by atoms with van der Waals surface area (Å²) in [5.41, 5.74) is 1.18. The fourth-order valence-electron chi connectivity index (χ4n) is 3.75. The molecule has 172 valence electrons. The highest BCUT2D eigenvalue weighted by atomic mass is 19.1. The zero-order chi connectivity index (χ0) is 23.2. The van der Waals surface area contributed by atoms with Gasteiger partial charge in [-0.25, -0.2) is 4.39 Å². The van der Waals surface area contributed by atoms with Crippen molar-refractivity contribution < 1.29 is 23.2 Å². The van der Waals surface area contributed by atoms with Gasteiger partial charge in [0.15, 0.2) is 11.5 Å². The highest BCUT2D eigenvalue weighted by Crippen LogP contribution is 2.24. The van der Waals surface area contributed by atoms with Crippen LogP contribution in [0.3, 0.4) is 0 Å². The Hall–Kier alpha value is -3.68. The first-order valence-corrected chi connectivity index (χ1v) is 11.0. The van der Waals surface area contributed by atoms with Crippen LogP contribution < -0.4 is 15.4 Å². The second-order valence-corrected chi connectivity index (χ2v) is 8.38. The third-order valence-corrected chi connectivity index (χ3v) is 5.74. The fourth-order valence-corrected chi connectivity index (χ4v) is 3.75. The zero-order valence-electron chi connectivity index (χ0n) is 18.3. The SMILES string of the molecule is CC1CCC(NC(=O)c2cc(COc3ccc(NC(=O)c4ccc(F)cc4)cc3)on2)CC1. The minimum atomic E-state index is -0.397. The molecule has 3 aromatic rings. The molecule has 1 aliphatic rings. The van der Waals surface area contributed by atoms with Gasteiger partial charge >= 0.3 is 0 Å². The lowest BCUT2D eigenvalue weighted by molar-refractivity contribution is 0.0913. The van der Waals surface area contributed by atoms with Gasteiger partial charge in [-0.15, -0.1) is 0 Å². The van der Waals surface area contributed by atoms with Crippen LogP contribution >= 0.6 is 0 Å². The van der Waals surface area contributed by atoms with Crippen molar-refractivity contribution in [2.24, 2.45) is 5.92 Å². The van der Waals surface area contributed by atoms with Gasteiger partial charge in [-0.05, 0) is 80.1 Å². The minimum absolute atomic E-state index is 0.114. The highest BCUT2D eigenvalue weighted by Gasteiger charge is 2.22.